The van der Waals surface area contributed by atoms with Gasteiger partial charge in [0.1, 0.15) is 0 Å². The molecular formula is C21H25ClN2O. The fourth-order valence-corrected chi connectivity index (χ4v) is 3.49. The van der Waals surface area contributed by atoms with Crippen LogP contribution in [0.4, 0.5) is 5.69 Å². The Kier molecular flexibility index (Phi) is 5.64. The Morgan fingerprint density at radius 1 is 1.16 bits per heavy atom. The topological polar surface area (TPSA) is 32.3 Å². The van der Waals surface area contributed by atoms with E-state index in [9.17, 15) is 4.79 Å². The molecule has 1 aliphatic heterocycles. The minimum Gasteiger partial charge on any atom is -0.371 e. The Morgan fingerprint density at radius 3 is 2.48 bits per heavy atom. The van der Waals surface area contributed by atoms with Crippen LogP contribution < -0.4 is 10.2 Å². The zero-order valence-corrected chi connectivity index (χ0v) is 15.6. The second-order valence-electron chi connectivity index (χ2n) is 6.99. The predicted octanol–water partition coefficient (Wildman–Crippen LogP) is 5.07. The van der Waals surface area contributed by atoms with Crippen LogP contribution in [0.1, 0.15) is 48.7 Å². The lowest BCUT2D eigenvalue weighted by molar-refractivity contribution is 0.0940. The van der Waals surface area contributed by atoms with E-state index in [0.717, 1.165) is 24.6 Å². The van der Waals surface area contributed by atoms with E-state index in [4.69, 9.17) is 11.6 Å². The lowest BCUT2D eigenvalue weighted by atomic mass is 9.99. The summed E-state index contributed by atoms with van der Waals surface area (Å²) in [6.07, 6.45) is 2.58. The number of halogens is 1. The molecule has 3 nitrogen and oxygen atoms in total. The lowest BCUT2D eigenvalue weighted by Crippen LogP contribution is -2.34. The van der Waals surface area contributed by atoms with Crippen molar-refractivity contribution in [2.75, 3.05) is 18.0 Å². The van der Waals surface area contributed by atoms with Crippen molar-refractivity contribution in [1.82, 2.24) is 5.32 Å². The number of amides is 1. The molecule has 0 bridgehead atoms. The van der Waals surface area contributed by atoms with Gasteiger partial charge in [-0.05, 0) is 67.6 Å². The number of carbonyl (C=O) groups excluding carboxylic acids is 1. The first-order valence-corrected chi connectivity index (χ1v) is 9.32. The van der Waals surface area contributed by atoms with Crippen LogP contribution in [0.3, 0.4) is 0 Å². The van der Waals surface area contributed by atoms with Crippen LogP contribution in [-0.4, -0.2) is 19.0 Å². The molecule has 2 atom stereocenters. The van der Waals surface area contributed by atoms with Crippen molar-refractivity contribution in [3.05, 3.63) is 64.7 Å². The number of anilines is 1. The number of rotatable bonds is 4. The summed E-state index contributed by atoms with van der Waals surface area (Å²) < 4.78 is 0. The smallest absolute Gasteiger partial charge is 0.251 e. The molecule has 2 aromatic rings. The van der Waals surface area contributed by atoms with E-state index in [1.807, 2.05) is 6.92 Å². The molecule has 3 rings (SSSR count). The number of benzene rings is 2. The SMILES string of the molecule is CC1CCCN(c2ccc(C(C)NC(=O)c3ccc(Cl)cc3)cc2)C1. The van der Waals surface area contributed by atoms with E-state index in [2.05, 4.69) is 41.4 Å². The number of piperidine rings is 1. The van der Waals surface area contributed by atoms with Gasteiger partial charge in [0.15, 0.2) is 0 Å². The highest BCUT2D eigenvalue weighted by molar-refractivity contribution is 6.30. The van der Waals surface area contributed by atoms with Crippen LogP contribution in [0.15, 0.2) is 48.5 Å². The van der Waals surface area contributed by atoms with Crippen LogP contribution in [0, 0.1) is 5.92 Å². The van der Waals surface area contributed by atoms with Gasteiger partial charge in [-0.1, -0.05) is 30.7 Å². The molecule has 0 saturated carbocycles. The van der Waals surface area contributed by atoms with E-state index < -0.39 is 0 Å². The van der Waals surface area contributed by atoms with E-state index in [0.29, 0.717) is 10.6 Å². The molecule has 132 valence electrons. The number of nitrogens with one attached hydrogen (secondary N) is 1. The summed E-state index contributed by atoms with van der Waals surface area (Å²) in [5.74, 6) is 0.670. The van der Waals surface area contributed by atoms with Crippen molar-refractivity contribution < 1.29 is 4.79 Å². The summed E-state index contributed by atoms with van der Waals surface area (Å²) in [6, 6.07) is 15.5. The molecule has 2 aromatic carbocycles. The van der Waals surface area contributed by atoms with Gasteiger partial charge in [-0.15, -0.1) is 0 Å². The third kappa shape index (κ3) is 4.55. The maximum Gasteiger partial charge on any atom is 0.251 e. The number of hydrogen-bond donors (Lipinski definition) is 1. The van der Waals surface area contributed by atoms with Crippen LogP contribution in [-0.2, 0) is 0 Å². The average Bonchev–Trinajstić information content (AvgIpc) is 2.62. The van der Waals surface area contributed by atoms with E-state index in [-0.39, 0.29) is 11.9 Å². The Hall–Kier alpha value is -2.00. The highest BCUT2D eigenvalue weighted by Gasteiger charge is 2.17. The average molecular weight is 357 g/mol. The fourth-order valence-electron chi connectivity index (χ4n) is 3.36. The Labute approximate surface area is 155 Å². The van der Waals surface area contributed by atoms with Crippen molar-refractivity contribution >= 4 is 23.2 Å². The first-order chi connectivity index (χ1) is 12.0. The van der Waals surface area contributed by atoms with Gasteiger partial charge in [-0.3, -0.25) is 4.79 Å². The zero-order valence-electron chi connectivity index (χ0n) is 14.8. The monoisotopic (exact) mass is 356 g/mol. The number of hydrogen-bond acceptors (Lipinski definition) is 2. The van der Waals surface area contributed by atoms with Gasteiger partial charge >= 0.3 is 0 Å². The van der Waals surface area contributed by atoms with Gasteiger partial charge in [0.25, 0.3) is 5.91 Å². The van der Waals surface area contributed by atoms with E-state index in [1.165, 1.54) is 18.5 Å². The minimum absolute atomic E-state index is 0.0440. The van der Waals surface area contributed by atoms with Crippen LogP contribution in [0.25, 0.3) is 0 Å². The normalized spacial score (nSPS) is 18.7. The largest absolute Gasteiger partial charge is 0.371 e. The lowest BCUT2D eigenvalue weighted by Gasteiger charge is -2.33. The van der Waals surface area contributed by atoms with Gasteiger partial charge in [0.2, 0.25) is 0 Å². The van der Waals surface area contributed by atoms with E-state index >= 15 is 0 Å². The summed E-state index contributed by atoms with van der Waals surface area (Å²) in [7, 11) is 0. The van der Waals surface area contributed by atoms with Crippen LogP contribution in [0.2, 0.25) is 5.02 Å². The number of nitrogens with zero attached hydrogens (tertiary/aromatic N) is 1. The summed E-state index contributed by atoms with van der Waals surface area (Å²) in [5, 5.41) is 3.67. The molecule has 2 unspecified atom stereocenters. The molecule has 0 radical (unpaired) electrons. The summed E-state index contributed by atoms with van der Waals surface area (Å²) >= 11 is 5.87. The molecule has 0 aromatic heterocycles. The minimum atomic E-state index is -0.0851. The molecule has 0 spiro atoms. The highest BCUT2D eigenvalue weighted by atomic mass is 35.5. The molecule has 1 heterocycles. The summed E-state index contributed by atoms with van der Waals surface area (Å²) in [4.78, 5) is 14.8. The maximum absolute atomic E-state index is 12.3. The molecule has 0 aliphatic carbocycles. The molecule has 1 saturated heterocycles. The second-order valence-corrected chi connectivity index (χ2v) is 7.42. The first-order valence-electron chi connectivity index (χ1n) is 8.94. The number of carbonyl (C=O) groups is 1. The highest BCUT2D eigenvalue weighted by Crippen LogP contribution is 2.24. The second kappa shape index (κ2) is 7.92. The van der Waals surface area contributed by atoms with Crippen LogP contribution in [0.5, 0.6) is 0 Å². The van der Waals surface area contributed by atoms with Gasteiger partial charge < -0.3 is 10.2 Å². The van der Waals surface area contributed by atoms with Crippen molar-refractivity contribution in [2.45, 2.75) is 32.7 Å². The zero-order chi connectivity index (χ0) is 17.8. The molecule has 1 amide bonds. The third-order valence-electron chi connectivity index (χ3n) is 4.87. The quantitative estimate of drug-likeness (QED) is 0.829. The summed E-state index contributed by atoms with van der Waals surface area (Å²) in [6.45, 7) is 6.58. The van der Waals surface area contributed by atoms with Crippen LogP contribution >= 0.6 is 11.6 Å². The van der Waals surface area contributed by atoms with Gasteiger partial charge in [-0.25, -0.2) is 0 Å². The molecule has 1 N–H and O–H groups in total. The van der Waals surface area contributed by atoms with E-state index in [1.54, 1.807) is 24.3 Å². The Bertz CT molecular complexity index is 712. The predicted molar refractivity (Wildman–Crippen MR) is 104 cm³/mol. The van der Waals surface area contributed by atoms with Gasteiger partial charge in [0, 0.05) is 29.4 Å². The summed E-state index contributed by atoms with van der Waals surface area (Å²) in [5.41, 5.74) is 3.00. The molecule has 1 aliphatic rings. The molecule has 25 heavy (non-hydrogen) atoms. The fraction of sp³-hybridized carbons (Fsp3) is 0.381. The van der Waals surface area contributed by atoms with Crippen molar-refractivity contribution in [3.8, 4) is 0 Å². The van der Waals surface area contributed by atoms with Crippen molar-refractivity contribution in [1.29, 1.82) is 0 Å². The third-order valence-corrected chi connectivity index (χ3v) is 5.12. The van der Waals surface area contributed by atoms with Gasteiger partial charge in [-0.2, -0.15) is 0 Å². The Balaban J connectivity index is 1.63. The standard InChI is InChI=1S/C21H25ClN2O/c1-15-4-3-13-24(14-15)20-11-7-17(8-12-20)16(2)23-21(25)18-5-9-19(22)10-6-18/h5-12,15-16H,3-4,13-14H2,1-2H3,(H,23,25). The first kappa shape index (κ1) is 17.8. The molecular weight excluding hydrogens is 332 g/mol. The Morgan fingerprint density at radius 2 is 1.84 bits per heavy atom. The van der Waals surface area contributed by atoms with Gasteiger partial charge in [0.05, 0.1) is 6.04 Å². The van der Waals surface area contributed by atoms with Crippen molar-refractivity contribution in [2.24, 2.45) is 5.92 Å². The maximum atomic E-state index is 12.3. The molecule has 1 fully saturated rings. The van der Waals surface area contributed by atoms with Crippen molar-refractivity contribution in [3.63, 3.8) is 0 Å². The molecule has 4 heteroatoms.